The van der Waals surface area contributed by atoms with Crippen molar-refractivity contribution < 1.29 is 28.6 Å². The van der Waals surface area contributed by atoms with E-state index in [1.165, 1.54) is 20.3 Å². The third-order valence-electron chi connectivity index (χ3n) is 5.54. The van der Waals surface area contributed by atoms with Gasteiger partial charge in [0.2, 0.25) is 5.91 Å². The Morgan fingerprint density at radius 3 is 2.42 bits per heavy atom. The van der Waals surface area contributed by atoms with Crippen LogP contribution in [0.25, 0.3) is 6.08 Å². The van der Waals surface area contributed by atoms with E-state index in [9.17, 15) is 14.4 Å². The molecule has 1 fully saturated rings. The van der Waals surface area contributed by atoms with Gasteiger partial charge in [-0.25, -0.2) is 9.69 Å². The Bertz CT molecular complexity index is 1430. The average molecular weight is 556 g/mol. The number of rotatable bonds is 9. The first-order chi connectivity index (χ1) is 18.3. The number of urea groups is 1. The lowest BCUT2D eigenvalue weighted by atomic mass is 10.1. The summed E-state index contributed by atoms with van der Waals surface area (Å²) in [4.78, 5) is 38.7. The number of ether oxygens (including phenoxy) is 3. The number of carbonyl (C=O) groups is 3. The summed E-state index contributed by atoms with van der Waals surface area (Å²) in [5.74, 6) is -0.166. The third kappa shape index (κ3) is 6.01. The molecule has 196 valence electrons. The van der Waals surface area contributed by atoms with E-state index < -0.39 is 24.4 Å². The third-order valence-corrected chi connectivity index (χ3v) is 6.19. The quantitative estimate of drug-likeness (QED) is 0.280. The normalized spacial score (nSPS) is 13.9. The maximum Gasteiger partial charge on any atom is 0.329 e. The topological polar surface area (TPSA) is 106 Å². The van der Waals surface area contributed by atoms with E-state index in [0.717, 1.165) is 10.5 Å². The van der Waals surface area contributed by atoms with Crippen molar-refractivity contribution in [3.05, 3.63) is 87.5 Å². The van der Waals surface area contributed by atoms with Gasteiger partial charge in [-0.05, 0) is 42.0 Å². The zero-order valence-corrected chi connectivity index (χ0v) is 21.9. The molecule has 4 amide bonds. The van der Waals surface area contributed by atoms with Crippen LogP contribution in [-0.4, -0.2) is 43.5 Å². The van der Waals surface area contributed by atoms with Crippen LogP contribution in [0.15, 0.2) is 66.4 Å². The molecular formula is C27H23Cl2N3O6. The molecule has 1 aliphatic heterocycles. The summed E-state index contributed by atoms with van der Waals surface area (Å²) in [6, 6.07) is 16.5. The molecule has 1 heterocycles. The van der Waals surface area contributed by atoms with E-state index >= 15 is 0 Å². The number of hydrogen-bond acceptors (Lipinski definition) is 6. The fraction of sp³-hybridized carbons (Fsp3) is 0.148. The highest BCUT2D eigenvalue weighted by Crippen LogP contribution is 2.38. The Balaban J connectivity index is 1.48. The van der Waals surface area contributed by atoms with Gasteiger partial charge in [0.15, 0.2) is 11.5 Å². The highest BCUT2D eigenvalue weighted by molar-refractivity contribution is 6.32. The van der Waals surface area contributed by atoms with Gasteiger partial charge in [0.1, 0.15) is 24.6 Å². The molecule has 0 bridgehead atoms. The van der Waals surface area contributed by atoms with Gasteiger partial charge in [-0.2, -0.15) is 0 Å². The molecule has 2 N–H and O–H groups in total. The van der Waals surface area contributed by atoms with Gasteiger partial charge < -0.3 is 24.8 Å². The summed E-state index contributed by atoms with van der Waals surface area (Å²) in [6.07, 6.45) is 1.44. The summed E-state index contributed by atoms with van der Waals surface area (Å²) in [7, 11) is 2.92. The average Bonchev–Trinajstić information content (AvgIpc) is 3.16. The number of nitrogens with one attached hydrogen (secondary N) is 2. The number of carbonyl (C=O) groups excluding carboxylic acids is 3. The molecular weight excluding hydrogens is 533 g/mol. The number of imide groups is 1. The second-order valence-electron chi connectivity index (χ2n) is 8.04. The molecule has 0 saturated carbocycles. The van der Waals surface area contributed by atoms with Crippen LogP contribution in [0.5, 0.6) is 17.2 Å². The van der Waals surface area contributed by atoms with E-state index in [1.807, 2.05) is 18.2 Å². The smallest absolute Gasteiger partial charge is 0.329 e. The van der Waals surface area contributed by atoms with Gasteiger partial charge in [-0.15, -0.1) is 0 Å². The number of methoxy groups -OCH3 is 2. The van der Waals surface area contributed by atoms with Crippen LogP contribution in [-0.2, 0) is 16.2 Å². The van der Waals surface area contributed by atoms with Crippen molar-refractivity contribution in [2.45, 2.75) is 6.61 Å². The van der Waals surface area contributed by atoms with Crippen molar-refractivity contribution in [1.29, 1.82) is 0 Å². The van der Waals surface area contributed by atoms with Crippen molar-refractivity contribution in [3.8, 4) is 17.2 Å². The SMILES string of the molecule is COc1ccccc1NC(=O)CN1C(=O)N/C(=C/c2cc(Cl)c(OCc3ccccc3Cl)c(OC)c2)C1=O. The maximum atomic E-state index is 12.9. The fourth-order valence-corrected chi connectivity index (χ4v) is 4.16. The minimum Gasteiger partial charge on any atom is -0.495 e. The molecule has 4 rings (SSSR count). The van der Waals surface area contributed by atoms with Crippen LogP contribution < -0.4 is 24.8 Å². The number of halogens is 2. The number of benzene rings is 3. The van der Waals surface area contributed by atoms with Crippen LogP contribution in [0.1, 0.15) is 11.1 Å². The molecule has 0 aromatic heterocycles. The predicted molar refractivity (Wildman–Crippen MR) is 144 cm³/mol. The zero-order valence-electron chi connectivity index (χ0n) is 20.4. The van der Waals surface area contributed by atoms with E-state index in [1.54, 1.807) is 42.5 Å². The molecule has 0 aliphatic carbocycles. The largest absolute Gasteiger partial charge is 0.495 e. The first-order valence-corrected chi connectivity index (χ1v) is 12.1. The molecule has 1 saturated heterocycles. The van der Waals surface area contributed by atoms with Gasteiger partial charge >= 0.3 is 6.03 Å². The van der Waals surface area contributed by atoms with Crippen molar-refractivity contribution in [2.75, 3.05) is 26.1 Å². The molecule has 0 unspecified atom stereocenters. The van der Waals surface area contributed by atoms with E-state index in [4.69, 9.17) is 37.4 Å². The highest BCUT2D eigenvalue weighted by Gasteiger charge is 2.35. The molecule has 0 spiro atoms. The van der Waals surface area contributed by atoms with E-state index in [0.29, 0.717) is 33.5 Å². The number of hydrogen-bond donors (Lipinski definition) is 2. The summed E-state index contributed by atoms with van der Waals surface area (Å²) < 4.78 is 16.5. The predicted octanol–water partition coefficient (Wildman–Crippen LogP) is 5.12. The summed E-state index contributed by atoms with van der Waals surface area (Å²) in [5.41, 5.74) is 1.64. The van der Waals surface area contributed by atoms with Crippen molar-refractivity contribution in [3.63, 3.8) is 0 Å². The Kier molecular flexibility index (Phi) is 8.40. The molecule has 0 atom stereocenters. The minimum absolute atomic E-state index is 0.0250. The molecule has 9 nitrogen and oxygen atoms in total. The first-order valence-electron chi connectivity index (χ1n) is 11.3. The highest BCUT2D eigenvalue weighted by atomic mass is 35.5. The molecule has 1 aliphatic rings. The Hall–Kier alpha value is -4.21. The van der Waals surface area contributed by atoms with Crippen LogP contribution in [0.2, 0.25) is 10.0 Å². The van der Waals surface area contributed by atoms with Crippen molar-refractivity contribution in [1.82, 2.24) is 10.2 Å². The summed E-state index contributed by atoms with van der Waals surface area (Å²) >= 11 is 12.7. The van der Waals surface area contributed by atoms with Gasteiger partial charge in [0.05, 0.1) is 24.9 Å². The lowest BCUT2D eigenvalue weighted by Crippen LogP contribution is -2.38. The molecule has 11 heteroatoms. The van der Waals surface area contributed by atoms with E-state index in [-0.39, 0.29) is 17.3 Å². The van der Waals surface area contributed by atoms with Crippen LogP contribution in [0.4, 0.5) is 10.5 Å². The van der Waals surface area contributed by atoms with Gasteiger partial charge in [0.25, 0.3) is 5.91 Å². The van der Waals surface area contributed by atoms with E-state index in [2.05, 4.69) is 10.6 Å². The molecule has 0 radical (unpaired) electrons. The van der Waals surface area contributed by atoms with Crippen LogP contribution >= 0.6 is 23.2 Å². The van der Waals surface area contributed by atoms with Crippen molar-refractivity contribution in [2.24, 2.45) is 0 Å². The van der Waals surface area contributed by atoms with Crippen LogP contribution in [0.3, 0.4) is 0 Å². The first kappa shape index (κ1) is 26.8. The summed E-state index contributed by atoms with van der Waals surface area (Å²) in [6.45, 7) is -0.324. The number of nitrogens with zero attached hydrogens (tertiary/aromatic N) is 1. The van der Waals surface area contributed by atoms with Crippen molar-refractivity contribution >= 4 is 52.8 Å². The molecule has 3 aromatic carbocycles. The van der Waals surface area contributed by atoms with Gasteiger partial charge in [0, 0.05) is 10.6 Å². The second kappa shape index (κ2) is 11.9. The lowest BCUT2D eigenvalue weighted by molar-refractivity contribution is -0.127. The molecule has 3 aromatic rings. The number of amides is 4. The number of para-hydroxylation sites is 2. The maximum absolute atomic E-state index is 12.9. The standard InChI is InChI=1S/C27H23Cl2N3O6/c1-36-22-10-6-5-9-20(22)30-24(33)14-32-26(34)21(31-27(32)35)12-16-11-19(29)25(23(13-16)37-2)38-15-17-7-3-4-8-18(17)28/h3-13H,14-15H2,1-2H3,(H,30,33)(H,31,35)/b21-12+. The monoisotopic (exact) mass is 555 g/mol. The molecule has 38 heavy (non-hydrogen) atoms. The Morgan fingerprint density at radius 1 is 0.974 bits per heavy atom. The summed E-state index contributed by atoms with van der Waals surface area (Å²) in [5, 5.41) is 5.90. The zero-order chi connectivity index (χ0) is 27.2. The Labute approximate surface area is 228 Å². The lowest BCUT2D eigenvalue weighted by Gasteiger charge is -2.14. The van der Waals surface area contributed by atoms with Gasteiger partial charge in [-0.1, -0.05) is 53.5 Å². The second-order valence-corrected chi connectivity index (χ2v) is 8.86. The Morgan fingerprint density at radius 2 is 1.68 bits per heavy atom. The van der Waals surface area contributed by atoms with Gasteiger partial charge in [-0.3, -0.25) is 9.59 Å². The fourth-order valence-electron chi connectivity index (χ4n) is 3.69. The van der Waals surface area contributed by atoms with Crippen LogP contribution in [0, 0.1) is 0 Å². The minimum atomic E-state index is -0.728. The number of anilines is 1.